The zero-order valence-electron chi connectivity index (χ0n) is 20.5. The van der Waals surface area contributed by atoms with E-state index in [0.717, 1.165) is 24.2 Å². The molecule has 0 aliphatic carbocycles. The normalized spacial score (nSPS) is 11.8. The van der Waals surface area contributed by atoms with E-state index >= 15 is 0 Å². The van der Waals surface area contributed by atoms with Crippen molar-refractivity contribution in [1.82, 2.24) is 0 Å². The summed E-state index contributed by atoms with van der Waals surface area (Å²) in [5.74, 6) is 0.471. The fourth-order valence-electron chi connectivity index (χ4n) is 3.74. The van der Waals surface area contributed by atoms with Crippen LogP contribution in [-0.2, 0) is 4.74 Å². The molecule has 0 aromatic heterocycles. The molecule has 0 radical (unpaired) electrons. The molecular weight excluding hydrogens is 416 g/mol. The molecule has 0 saturated heterocycles. The number of carboxylic acids is 1. The van der Waals surface area contributed by atoms with Gasteiger partial charge in [0, 0.05) is 6.61 Å². The Morgan fingerprint density at radius 3 is 2.12 bits per heavy atom. The van der Waals surface area contributed by atoms with Gasteiger partial charge in [0.15, 0.2) is 0 Å². The number of benzene rings is 2. The van der Waals surface area contributed by atoms with Crippen molar-refractivity contribution in [3.63, 3.8) is 0 Å². The number of ether oxygens (including phenoxy) is 3. The van der Waals surface area contributed by atoms with Gasteiger partial charge in [0.1, 0.15) is 18.1 Å². The summed E-state index contributed by atoms with van der Waals surface area (Å²) >= 11 is 0. The molecule has 0 bridgehead atoms. The highest BCUT2D eigenvalue weighted by Gasteiger charge is 2.13. The molecule has 0 aliphatic rings. The Kier molecular flexibility index (Phi) is 12.4. The molecule has 0 spiro atoms. The zero-order chi connectivity index (χ0) is 23.9. The first kappa shape index (κ1) is 26.7. The van der Waals surface area contributed by atoms with Crippen molar-refractivity contribution in [1.29, 1.82) is 0 Å². The Balaban J connectivity index is 1.92. The molecule has 0 heterocycles. The van der Waals surface area contributed by atoms with Gasteiger partial charge in [-0.15, -0.1) is 0 Å². The highest BCUT2D eigenvalue weighted by Crippen LogP contribution is 2.30. The fourth-order valence-corrected chi connectivity index (χ4v) is 3.74. The summed E-state index contributed by atoms with van der Waals surface area (Å²) < 4.78 is 17.2. The van der Waals surface area contributed by atoms with Gasteiger partial charge in [-0.1, -0.05) is 64.0 Å². The van der Waals surface area contributed by atoms with Crippen LogP contribution in [0.1, 0.15) is 82.5 Å². The molecule has 0 unspecified atom stereocenters. The van der Waals surface area contributed by atoms with Gasteiger partial charge in [-0.25, -0.2) is 4.79 Å². The molecule has 5 nitrogen and oxygen atoms in total. The number of aromatic carboxylic acids is 1. The minimum absolute atomic E-state index is 0.0168. The van der Waals surface area contributed by atoms with Crippen LogP contribution in [0.5, 0.6) is 11.5 Å². The van der Waals surface area contributed by atoms with E-state index in [1.54, 1.807) is 12.1 Å². The van der Waals surface area contributed by atoms with Gasteiger partial charge in [-0.3, -0.25) is 0 Å². The second-order valence-corrected chi connectivity index (χ2v) is 8.44. The Labute approximate surface area is 199 Å². The van der Waals surface area contributed by atoms with E-state index in [2.05, 4.69) is 6.92 Å². The van der Waals surface area contributed by atoms with E-state index in [1.165, 1.54) is 38.5 Å². The van der Waals surface area contributed by atoms with Crippen LogP contribution in [-0.4, -0.2) is 37.0 Å². The minimum atomic E-state index is -0.953. The molecule has 182 valence electrons. The third-order valence-corrected chi connectivity index (χ3v) is 5.59. The Morgan fingerprint density at radius 1 is 0.848 bits per heavy atom. The lowest BCUT2D eigenvalue weighted by atomic mass is 9.99. The van der Waals surface area contributed by atoms with Crippen LogP contribution < -0.4 is 9.47 Å². The SMILES string of the molecule is CCCCCCCCCCOc1ccc(C(=O)O)c(-c2ccc(OC[C@H](C)OCC)cc2)c1. The van der Waals surface area contributed by atoms with Crippen molar-refractivity contribution in [2.45, 2.75) is 78.2 Å². The van der Waals surface area contributed by atoms with Gasteiger partial charge in [0.05, 0.1) is 18.3 Å². The van der Waals surface area contributed by atoms with Crippen molar-refractivity contribution in [3.8, 4) is 22.6 Å². The van der Waals surface area contributed by atoms with Gasteiger partial charge in [0.2, 0.25) is 0 Å². The Bertz CT molecular complexity index is 816. The van der Waals surface area contributed by atoms with Crippen molar-refractivity contribution in [2.75, 3.05) is 19.8 Å². The number of carbonyl (C=O) groups is 1. The molecule has 2 aromatic rings. The topological polar surface area (TPSA) is 65.0 Å². The standard InChI is InChI=1S/C28H40O5/c1-4-6-7-8-9-10-11-12-19-32-25-17-18-26(28(29)30)27(20-25)23-13-15-24(16-14-23)33-21-22(3)31-5-2/h13-18,20,22H,4-12,19,21H2,1-3H3,(H,29,30)/t22-/m0/s1. The first-order valence-electron chi connectivity index (χ1n) is 12.4. The van der Waals surface area contributed by atoms with Crippen molar-refractivity contribution >= 4 is 5.97 Å². The van der Waals surface area contributed by atoms with Gasteiger partial charge in [0.25, 0.3) is 0 Å². The zero-order valence-corrected chi connectivity index (χ0v) is 20.5. The summed E-state index contributed by atoms with van der Waals surface area (Å²) in [4.78, 5) is 11.8. The summed E-state index contributed by atoms with van der Waals surface area (Å²) in [7, 11) is 0. The fraction of sp³-hybridized carbons (Fsp3) is 0.536. The lowest BCUT2D eigenvalue weighted by Gasteiger charge is -2.14. The Hall–Kier alpha value is -2.53. The maximum atomic E-state index is 11.8. The van der Waals surface area contributed by atoms with Crippen molar-refractivity contribution < 1.29 is 24.1 Å². The van der Waals surface area contributed by atoms with Crippen molar-refractivity contribution in [3.05, 3.63) is 48.0 Å². The van der Waals surface area contributed by atoms with Gasteiger partial charge in [-0.05, 0) is 61.7 Å². The molecule has 1 atom stereocenters. The number of carboxylic acid groups (broad SMARTS) is 1. The average Bonchev–Trinajstić information content (AvgIpc) is 2.82. The molecule has 2 aromatic carbocycles. The molecule has 2 rings (SSSR count). The predicted molar refractivity (Wildman–Crippen MR) is 134 cm³/mol. The lowest BCUT2D eigenvalue weighted by Crippen LogP contribution is -2.17. The average molecular weight is 457 g/mol. The largest absolute Gasteiger partial charge is 0.494 e. The second kappa shape index (κ2) is 15.3. The molecule has 5 heteroatoms. The number of hydrogen-bond donors (Lipinski definition) is 1. The third kappa shape index (κ3) is 9.87. The number of hydrogen-bond acceptors (Lipinski definition) is 4. The maximum absolute atomic E-state index is 11.8. The second-order valence-electron chi connectivity index (χ2n) is 8.44. The lowest BCUT2D eigenvalue weighted by molar-refractivity contribution is 0.0402. The monoisotopic (exact) mass is 456 g/mol. The summed E-state index contributed by atoms with van der Waals surface area (Å²) in [6, 6.07) is 12.7. The first-order valence-corrected chi connectivity index (χ1v) is 12.4. The number of unbranched alkanes of at least 4 members (excludes halogenated alkanes) is 7. The molecule has 0 aliphatic heterocycles. The van der Waals surface area contributed by atoms with Crippen LogP contribution in [0, 0.1) is 0 Å². The van der Waals surface area contributed by atoms with Crippen LogP contribution >= 0.6 is 0 Å². The summed E-state index contributed by atoms with van der Waals surface area (Å²) in [5, 5.41) is 9.64. The molecule has 0 fully saturated rings. The molecule has 0 saturated carbocycles. The minimum Gasteiger partial charge on any atom is -0.494 e. The number of rotatable bonds is 17. The van der Waals surface area contributed by atoms with E-state index in [1.807, 2.05) is 44.2 Å². The maximum Gasteiger partial charge on any atom is 0.336 e. The van der Waals surface area contributed by atoms with E-state index in [0.29, 0.717) is 31.1 Å². The van der Waals surface area contributed by atoms with Gasteiger partial charge < -0.3 is 19.3 Å². The summed E-state index contributed by atoms with van der Waals surface area (Å²) in [6.07, 6.45) is 10.0. The Morgan fingerprint density at radius 2 is 1.48 bits per heavy atom. The smallest absolute Gasteiger partial charge is 0.336 e. The van der Waals surface area contributed by atoms with Crippen LogP contribution in [0.3, 0.4) is 0 Å². The first-order chi connectivity index (χ1) is 16.0. The van der Waals surface area contributed by atoms with Crippen LogP contribution in [0.15, 0.2) is 42.5 Å². The molecule has 1 N–H and O–H groups in total. The predicted octanol–water partition coefficient (Wildman–Crippen LogP) is 7.38. The van der Waals surface area contributed by atoms with E-state index in [4.69, 9.17) is 14.2 Å². The summed E-state index contributed by atoms with van der Waals surface area (Å²) in [6.45, 7) is 7.93. The van der Waals surface area contributed by atoms with E-state index in [-0.39, 0.29) is 11.7 Å². The molecule has 33 heavy (non-hydrogen) atoms. The third-order valence-electron chi connectivity index (χ3n) is 5.59. The summed E-state index contributed by atoms with van der Waals surface area (Å²) in [5.41, 5.74) is 1.72. The molecule has 0 amide bonds. The van der Waals surface area contributed by atoms with E-state index in [9.17, 15) is 9.90 Å². The van der Waals surface area contributed by atoms with Gasteiger partial charge in [-0.2, -0.15) is 0 Å². The van der Waals surface area contributed by atoms with Crippen LogP contribution in [0.2, 0.25) is 0 Å². The highest BCUT2D eigenvalue weighted by molar-refractivity contribution is 5.96. The van der Waals surface area contributed by atoms with Crippen molar-refractivity contribution in [2.24, 2.45) is 0 Å². The van der Waals surface area contributed by atoms with Crippen LogP contribution in [0.4, 0.5) is 0 Å². The van der Waals surface area contributed by atoms with Gasteiger partial charge >= 0.3 is 5.97 Å². The van der Waals surface area contributed by atoms with E-state index < -0.39 is 5.97 Å². The van der Waals surface area contributed by atoms with Crippen LogP contribution in [0.25, 0.3) is 11.1 Å². The molecular formula is C28H40O5. The highest BCUT2D eigenvalue weighted by atomic mass is 16.5. The quantitative estimate of drug-likeness (QED) is 0.252.